The van der Waals surface area contributed by atoms with Crippen LogP contribution in [0.2, 0.25) is 0 Å². The molecule has 3 aliphatic carbocycles. The molecule has 0 radical (unpaired) electrons. The van der Waals surface area contributed by atoms with E-state index in [1.54, 1.807) is 0 Å². The van der Waals surface area contributed by atoms with Crippen LogP contribution in [0.1, 0.15) is 30.4 Å². The number of hydrogen-bond donors (Lipinski definition) is 1. The number of fused-ring (bicyclic) bond motifs is 2. The molecular weight excluding hydrogens is 222 g/mol. The Morgan fingerprint density at radius 1 is 1.00 bits per heavy atom. The molecule has 0 bridgehead atoms. The van der Waals surface area contributed by atoms with Gasteiger partial charge in [-0.15, -0.1) is 0 Å². The minimum Gasteiger partial charge on any atom is -0.352 e. The molecule has 0 saturated heterocycles. The quantitative estimate of drug-likeness (QED) is 0.846. The molecule has 0 aliphatic heterocycles. The molecule has 1 aromatic rings. The maximum absolute atomic E-state index is 12.2. The molecule has 2 heteroatoms. The molecule has 1 N–H and O–H groups in total. The zero-order valence-electron chi connectivity index (χ0n) is 10.6. The summed E-state index contributed by atoms with van der Waals surface area (Å²) < 4.78 is 0. The number of nitrogens with one attached hydrogen (secondary N) is 1. The lowest BCUT2D eigenvalue weighted by Crippen LogP contribution is -2.39. The smallest absolute Gasteiger partial charge is 0.223 e. The van der Waals surface area contributed by atoms with Gasteiger partial charge in [-0.25, -0.2) is 0 Å². The molecule has 2 atom stereocenters. The first-order chi connectivity index (χ1) is 8.79. The van der Waals surface area contributed by atoms with Gasteiger partial charge in [0, 0.05) is 12.0 Å². The highest BCUT2D eigenvalue weighted by molar-refractivity contribution is 5.79. The minimum atomic E-state index is 0.317. The molecule has 18 heavy (non-hydrogen) atoms. The van der Waals surface area contributed by atoms with E-state index in [1.807, 2.05) is 0 Å². The Morgan fingerprint density at radius 2 is 1.61 bits per heavy atom. The third-order valence-electron chi connectivity index (χ3n) is 5.01. The molecule has 0 heterocycles. The van der Waals surface area contributed by atoms with E-state index in [1.165, 1.54) is 17.5 Å². The summed E-state index contributed by atoms with van der Waals surface area (Å²) in [5.74, 6) is 2.42. The summed E-state index contributed by atoms with van der Waals surface area (Å²) in [5.41, 5.74) is 2.83. The average Bonchev–Trinajstić information content (AvgIpc) is 2.83. The minimum absolute atomic E-state index is 0.317. The summed E-state index contributed by atoms with van der Waals surface area (Å²) >= 11 is 0. The van der Waals surface area contributed by atoms with Crippen molar-refractivity contribution in [3.05, 3.63) is 35.4 Å². The van der Waals surface area contributed by atoms with E-state index in [9.17, 15) is 4.79 Å². The van der Waals surface area contributed by atoms with E-state index < -0.39 is 0 Å². The van der Waals surface area contributed by atoms with Crippen molar-refractivity contribution in [1.82, 2.24) is 5.32 Å². The van der Waals surface area contributed by atoms with E-state index in [4.69, 9.17) is 0 Å². The molecule has 1 amide bonds. The van der Waals surface area contributed by atoms with Crippen molar-refractivity contribution in [2.75, 3.05) is 0 Å². The number of carbonyl (C=O) groups excluding carboxylic acids is 1. The van der Waals surface area contributed by atoms with Gasteiger partial charge < -0.3 is 5.32 Å². The van der Waals surface area contributed by atoms with Crippen LogP contribution in [0, 0.1) is 17.8 Å². The maximum Gasteiger partial charge on any atom is 0.223 e. The first-order valence-corrected chi connectivity index (χ1v) is 7.17. The molecule has 3 aliphatic rings. The zero-order valence-corrected chi connectivity index (χ0v) is 10.6. The SMILES string of the molecule is O=C(NC1Cc2ccccc2C1)C1CC2CC2C1. The van der Waals surface area contributed by atoms with Crippen LogP contribution in [0.5, 0.6) is 0 Å². The molecule has 2 saturated carbocycles. The van der Waals surface area contributed by atoms with E-state index in [0.29, 0.717) is 17.9 Å². The van der Waals surface area contributed by atoms with Crippen LogP contribution in [0.3, 0.4) is 0 Å². The van der Waals surface area contributed by atoms with Gasteiger partial charge in [0.05, 0.1) is 0 Å². The lowest BCUT2D eigenvalue weighted by molar-refractivity contribution is -0.125. The summed E-state index contributed by atoms with van der Waals surface area (Å²) in [6.07, 6.45) is 5.72. The highest BCUT2D eigenvalue weighted by Gasteiger charge is 2.48. The van der Waals surface area contributed by atoms with E-state index in [-0.39, 0.29) is 0 Å². The van der Waals surface area contributed by atoms with Gasteiger partial charge >= 0.3 is 0 Å². The van der Waals surface area contributed by atoms with Gasteiger partial charge in [0.25, 0.3) is 0 Å². The highest BCUT2D eigenvalue weighted by Crippen LogP contribution is 2.54. The molecular formula is C16H19NO. The van der Waals surface area contributed by atoms with Crippen molar-refractivity contribution in [1.29, 1.82) is 0 Å². The molecule has 94 valence electrons. The predicted octanol–water partition coefficient (Wildman–Crippen LogP) is 2.32. The fourth-order valence-electron chi connectivity index (χ4n) is 3.91. The van der Waals surface area contributed by atoms with Crippen LogP contribution in [0.25, 0.3) is 0 Å². The van der Waals surface area contributed by atoms with Crippen molar-refractivity contribution in [2.24, 2.45) is 17.8 Å². The zero-order chi connectivity index (χ0) is 12.1. The summed E-state index contributed by atoms with van der Waals surface area (Å²) in [6.45, 7) is 0. The van der Waals surface area contributed by atoms with Crippen molar-refractivity contribution in [3.63, 3.8) is 0 Å². The Kier molecular flexibility index (Phi) is 2.26. The van der Waals surface area contributed by atoms with Gasteiger partial charge in [-0.2, -0.15) is 0 Å². The maximum atomic E-state index is 12.2. The Balaban J connectivity index is 1.37. The van der Waals surface area contributed by atoms with Crippen LogP contribution in [-0.4, -0.2) is 11.9 Å². The number of hydrogen-bond acceptors (Lipinski definition) is 1. The molecule has 2 fully saturated rings. The normalized spacial score (nSPS) is 33.0. The molecule has 2 unspecified atom stereocenters. The van der Waals surface area contributed by atoms with Gasteiger partial charge in [0.15, 0.2) is 0 Å². The highest BCUT2D eigenvalue weighted by atomic mass is 16.1. The first-order valence-electron chi connectivity index (χ1n) is 7.17. The molecule has 2 nitrogen and oxygen atoms in total. The van der Waals surface area contributed by atoms with Crippen molar-refractivity contribution in [3.8, 4) is 0 Å². The Morgan fingerprint density at radius 3 is 2.22 bits per heavy atom. The van der Waals surface area contributed by atoms with Crippen molar-refractivity contribution < 1.29 is 4.79 Å². The van der Waals surface area contributed by atoms with Crippen LogP contribution in [0.15, 0.2) is 24.3 Å². The van der Waals surface area contributed by atoms with E-state index in [2.05, 4.69) is 29.6 Å². The van der Waals surface area contributed by atoms with Crippen molar-refractivity contribution >= 4 is 5.91 Å². The molecule has 4 rings (SSSR count). The lowest BCUT2D eigenvalue weighted by atomic mass is 10.0. The molecule has 1 aromatic carbocycles. The molecule has 0 aromatic heterocycles. The molecule has 0 spiro atoms. The van der Waals surface area contributed by atoms with Gasteiger partial charge in [-0.1, -0.05) is 24.3 Å². The predicted molar refractivity (Wildman–Crippen MR) is 70.1 cm³/mol. The largest absolute Gasteiger partial charge is 0.352 e. The first kappa shape index (κ1) is 10.6. The van der Waals surface area contributed by atoms with E-state index in [0.717, 1.165) is 37.5 Å². The number of benzene rings is 1. The van der Waals surface area contributed by atoms with Crippen LogP contribution in [0.4, 0.5) is 0 Å². The van der Waals surface area contributed by atoms with Gasteiger partial charge in [-0.05, 0) is 55.1 Å². The Labute approximate surface area is 108 Å². The summed E-state index contributed by atoms with van der Waals surface area (Å²) in [4.78, 5) is 12.2. The van der Waals surface area contributed by atoms with Crippen molar-refractivity contribution in [2.45, 2.75) is 38.1 Å². The Hall–Kier alpha value is -1.31. The van der Waals surface area contributed by atoms with Crippen LogP contribution in [-0.2, 0) is 17.6 Å². The fourth-order valence-corrected chi connectivity index (χ4v) is 3.91. The number of rotatable bonds is 2. The second-order valence-corrected chi connectivity index (χ2v) is 6.31. The number of carbonyl (C=O) groups is 1. The third-order valence-corrected chi connectivity index (χ3v) is 5.01. The van der Waals surface area contributed by atoms with Gasteiger partial charge in [0.2, 0.25) is 5.91 Å². The van der Waals surface area contributed by atoms with Gasteiger partial charge in [-0.3, -0.25) is 4.79 Å². The second kappa shape index (κ2) is 3.84. The van der Waals surface area contributed by atoms with Gasteiger partial charge in [0.1, 0.15) is 0 Å². The average molecular weight is 241 g/mol. The standard InChI is InChI=1S/C16H19NO/c18-16(14-6-12-5-13(12)7-14)17-15-8-10-3-1-2-4-11(10)9-15/h1-4,12-15H,5-9H2,(H,17,18). The monoisotopic (exact) mass is 241 g/mol. The van der Waals surface area contributed by atoms with Crippen LogP contribution >= 0.6 is 0 Å². The Bertz CT molecular complexity index is 461. The second-order valence-electron chi connectivity index (χ2n) is 6.31. The summed E-state index contributed by atoms with van der Waals surface area (Å²) in [5, 5.41) is 3.27. The summed E-state index contributed by atoms with van der Waals surface area (Å²) in [7, 11) is 0. The lowest BCUT2D eigenvalue weighted by Gasteiger charge is -2.17. The summed E-state index contributed by atoms with van der Waals surface area (Å²) in [6, 6.07) is 8.89. The topological polar surface area (TPSA) is 29.1 Å². The number of amides is 1. The van der Waals surface area contributed by atoms with Crippen LogP contribution < -0.4 is 5.32 Å². The van der Waals surface area contributed by atoms with E-state index >= 15 is 0 Å². The fraction of sp³-hybridized carbons (Fsp3) is 0.562. The third kappa shape index (κ3) is 1.75.